The fourth-order valence-electron chi connectivity index (χ4n) is 5.92. The first kappa shape index (κ1) is 48.2. The van der Waals surface area contributed by atoms with E-state index in [9.17, 15) is 9.90 Å². The van der Waals surface area contributed by atoms with E-state index in [4.69, 9.17) is 15.3 Å². The predicted molar refractivity (Wildman–Crippen MR) is 206 cm³/mol. The molecule has 0 heterocycles. The lowest BCUT2D eigenvalue weighted by molar-refractivity contribution is -0.137. The largest absolute Gasteiger partial charge is 0.480 e. The van der Waals surface area contributed by atoms with E-state index in [0.29, 0.717) is 24.0 Å². The highest BCUT2D eigenvalue weighted by Gasteiger charge is 2.28. The van der Waals surface area contributed by atoms with Crippen molar-refractivity contribution < 1.29 is 25.2 Å². The third-order valence-corrected chi connectivity index (χ3v) is 11.8. The summed E-state index contributed by atoms with van der Waals surface area (Å²) in [7, 11) is 0. The Morgan fingerprint density at radius 3 is 1.30 bits per heavy atom. The summed E-state index contributed by atoms with van der Waals surface area (Å²) >= 11 is 3.72. The topological polar surface area (TPSA) is 98.0 Å². The number of carboxylic acid groups (broad SMARTS) is 1. The monoisotopic (exact) mass is 693 g/mol. The molecular weight excluding hydrogens is 613 g/mol. The molecule has 0 aliphatic rings. The number of aliphatic hydroxyl groups excluding tert-OH is 3. The Hall–Kier alpha value is 0.0500. The number of hydrogen-bond donors (Lipinski definition) is 4. The van der Waals surface area contributed by atoms with Crippen LogP contribution in [0.1, 0.15) is 178 Å². The van der Waals surface area contributed by atoms with Gasteiger partial charge in [0.05, 0.1) is 0 Å². The van der Waals surface area contributed by atoms with Gasteiger partial charge in [-0.05, 0) is 122 Å². The molecule has 0 fully saturated rings. The highest BCUT2D eigenvalue weighted by molar-refractivity contribution is 8.00. The lowest BCUT2D eigenvalue weighted by atomic mass is 9.82. The Balaban J connectivity index is 0. The van der Waals surface area contributed by atoms with Crippen LogP contribution in [0.2, 0.25) is 0 Å². The van der Waals surface area contributed by atoms with Crippen LogP contribution >= 0.6 is 23.5 Å². The summed E-state index contributed by atoms with van der Waals surface area (Å²) in [5.41, 5.74) is 1.09. The van der Waals surface area contributed by atoms with E-state index >= 15 is 0 Å². The highest BCUT2D eigenvalue weighted by atomic mass is 32.2. The maximum atomic E-state index is 11.5. The first-order valence-electron chi connectivity index (χ1n) is 18.7. The maximum absolute atomic E-state index is 11.5. The molecule has 7 heteroatoms. The summed E-state index contributed by atoms with van der Waals surface area (Å²) in [5, 5.41) is 36.1. The number of hydrogen-bond acceptors (Lipinski definition) is 6. The van der Waals surface area contributed by atoms with Crippen molar-refractivity contribution in [1.82, 2.24) is 0 Å². The average molecular weight is 693 g/mol. The second-order valence-corrected chi connectivity index (χ2v) is 19.3. The zero-order valence-electron chi connectivity index (χ0n) is 32.1. The van der Waals surface area contributed by atoms with Gasteiger partial charge in [-0.2, -0.15) is 11.8 Å². The third-order valence-electron chi connectivity index (χ3n) is 9.38. The van der Waals surface area contributed by atoms with E-state index in [2.05, 4.69) is 74.1 Å². The van der Waals surface area contributed by atoms with Crippen molar-refractivity contribution in [3.05, 3.63) is 0 Å². The zero-order valence-corrected chi connectivity index (χ0v) is 33.7. The molecule has 0 aromatic rings. The van der Waals surface area contributed by atoms with E-state index in [1.807, 2.05) is 0 Å². The zero-order chi connectivity index (χ0) is 35.5. The number of aliphatic hydroxyl groups is 3. The smallest absolute Gasteiger partial charge is 0.316 e. The Morgan fingerprint density at radius 2 is 0.913 bits per heavy atom. The van der Waals surface area contributed by atoms with Crippen molar-refractivity contribution in [1.29, 1.82) is 0 Å². The number of thioether (sulfide) groups is 2. The minimum absolute atomic E-state index is 0.109. The van der Waals surface area contributed by atoms with Gasteiger partial charge in [0.25, 0.3) is 0 Å². The van der Waals surface area contributed by atoms with Crippen LogP contribution in [0, 0.1) is 21.7 Å². The molecule has 46 heavy (non-hydrogen) atoms. The molecule has 0 spiro atoms. The van der Waals surface area contributed by atoms with Crippen LogP contribution in [-0.4, -0.2) is 68.7 Å². The molecule has 0 aromatic carbocycles. The maximum Gasteiger partial charge on any atom is 0.316 e. The molecule has 0 aliphatic heterocycles. The van der Waals surface area contributed by atoms with Gasteiger partial charge in [0, 0.05) is 19.8 Å². The molecule has 0 bridgehead atoms. The third kappa shape index (κ3) is 31.3. The van der Waals surface area contributed by atoms with Gasteiger partial charge in [0.2, 0.25) is 0 Å². The van der Waals surface area contributed by atoms with E-state index in [1.165, 1.54) is 62.9 Å². The van der Waals surface area contributed by atoms with Crippen molar-refractivity contribution in [3.8, 4) is 0 Å². The minimum Gasteiger partial charge on any atom is -0.480 e. The summed E-state index contributed by atoms with van der Waals surface area (Å²) in [6, 6.07) is 0. The molecule has 0 saturated carbocycles. The molecule has 0 saturated heterocycles. The molecule has 278 valence electrons. The van der Waals surface area contributed by atoms with Crippen molar-refractivity contribution in [2.24, 2.45) is 21.7 Å². The first-order chi connectivity index (χ1) is 21.5. The lowest BCUT2D eigenvalue weighted by Gasteiger charge is -2.28. The molecule has 5 nitrogen and oxygen atoms in total. The standard InChI is InChI=1S/C20H40O3S.C19H40O2S/c1-6-7-11-20(4,5)16-17(18(22)23)24-15-9-8-12-19(2,3)13-10-14-21;1-18(2,12-9-14-20)10-5-7-16-22-17-8-6-11-19(3,4)13-15-21/h17,21H,6-16H2,1-5H3,(H,22,23);20-21H,5-17H2,1-4H3. The molecule has 1 atom stereocenters. The Labute approximate surface area is 295 Å². The van der Waals surface area contributed by atoms with E-state index in [0.717, 1.165) is 70.0 Å². The van der Waals surface area contributed by atoms with Crippen LogP contribution in [0.4, 0.5) is 0 Å². The van der Waals surface area contributed by atoms with Crippen molar-refractivity contribution in [3.63, 3.8) is 0 Å². The van der Waals surface area contributed by atoms with Crippen LogP contribution < -0.4 is 0 Å². The van der Waals surface area contributed by atoms with Gasteiger partial charge in [0.1, 0.15) is 5.25 Å². The average Bonchev–Trinajstić information content (AvgIpc) is 2.96. The highest BCUT2D eigenvalue weighted by Crippen LogP contribution is 2.35. The minimum atomic E-state index is -0.659. The van der Waals surface area contributed by atoms with Gasteiger partial charge >= 0.3 is 5.97 Å². The van der Waals surface area contributed by atoms with Gasteiger partial charge < -0.3 is 20.4 Å². The fourth-order valence-corrected chi connectivity index (χ4v) is 8.31. The van der Waals surface area contributed by atoms with E-state index in [-0.39, 0.29) is 22.7 Å². The quantitative estimate of drug-likeness (QED) is 0.0556. The Bertz CT molecular complexity index is 708. The molecule has 1 unspecified atom stereocenters. The predicted octanol–water partition coefficient (Wildman–Crippen LogP) is 11.0. The molecule has 0 rings (SSSR count). The molecule has 0 radical (unpaired) electrons. The molecule has 4 N–H and O–H groups in total. The van der Waals surface area contributed by atoms with E-state index < -0.39 is 5.97 Å². The van der Waals surface area contributed by atoms with Crippen LogP contribution in [0.15, 0.2) is 0 Å². The van der Waals surface area contributed by atoms with Gasteiger partial charge in [-0.3, -0.25) is 4.79 Å². The fraction of sp³-hybridized carbons (Fsp3) is 0.974. The summed E-state index contributed by atoms with van der Waals surface area (Å²) in [4.78, 5) is 11.5. The Morgan fingerprint density at radius 1 is 0.522 bits per heavy atom. The van der Waals surface area contributed by atoms with E-state index in [1.54, 1.807) is 11.8 Å². The summed E-state index contributed by atoms with van der Waals surface area (Å²) in [6.07, 6.45) is 20.2. The lowest BCUT2D eigenvalue weighted by Crippen LogP contribution is -2.25. The number of rotatable bonds is 30. The van der Waals surface area contributed by atoms with Crippen LogP contribution in [0.3, 0.4) is 0 Å². The molecular formula is C39H80O5S2. The van der Waals surface area contributed by atoms with Gasteiger partial charge in [-0.15, -0.1) is 11.8 Å². The molecule has 0 aromatic heterocycles. The number of carbonyl (C=O) groups is 1. The number of unbranched alkanes of at least 4 members (excludes halogenated alkanes) is 4. The summed E-state index contributed by atoms with van der Waals surface area (Å²) < 4.78 is 0. The first-order valence-corrected chi connectivity index (χ1v) is 20.9. The molecule has 0 amide bonds. The van der Waals surface area contributed by atoms with Crippen molar-refractivity contribution in [2.75, 3.05) is 37.1 Å². The summed E-state index contributed by atoms with van der Waals surface area (Å²) in [5.74, 6) is 2.84. The van der Waals surface area contributed by atoms with Gasteiger partial charge in [0.15, 0.2) is 0 Å². The number of aliphatic carboxylic acids is 1. The Kier molecular flexibility index (Phi) is 29.1. The van der Waals surface area contributed by atoms with Gasteiger partial charge in [-0.1, -0.05) is 94.4 Å². The van der Waals surface area contributed by atoms with Crippen molar-refractivity contribution >= 4 is 29.5 Å². The summed E-state index contributed by atoms with van der Waals surface area (Å²) in [6.45, 7) is 21.2. The van der Waals surface area contributed by atoms with Crippen LogP contribution in [-0.2, 0) is 4.79 Å². The van der Waals surface area contributed by atoms with Crippen LogP contribution in [0.5, 0.6) is 0 Å². The second kappa shape index (κ2) is 27.8. The normalized spacial score (nSPS) is 13.4. The van der Waals surface area contributed by atoms with Gasteiger partial charge in [-0.25, -0.2) is 0 Å². The van der Waals surface area contributed by atoms with Crippen molar-refractivity contribution in [2.45, 2.75) is 183 Å². The number of carboxylic acids is 1. The van der Waals surface area contributed by atoms with Crippen LogP contribution in [0.25, 0.3) is 0 Å². The SMILES string of the molecule is CC(C)(CCO)CCCCSCCCCC(C)(C)CCCO.CCCCC(C)(C)CC(SCCCCC(C)(C)CCCO)C(=O)O. The second-order valence-electron chi connectivity index (χ2n) is 16.8. The molecule has 0 aliphatic carbocycles.